The number of hydrogen-bond acceptors (Lipinski definition) is 4. The second kappa shape index (κ2) is 7.00. The van der Waals surface area contributed by atoms with Crippen LogP contribution in [0.5, 0.6) is 0 Å². The van der Waals surface area contributed by atoms with E-state index in [0.29, 0.717) is 19.6 Å². The molecular formula is C13H23N3O2S2. The molecule has 0 saturated carbocycles. The summed E-state index contributed by atoms with van der Waals surface area (Å²) in [5.41, 5.74) is 1.04. The molecule has 1 fully saturated rings. The number of hydrogen-bond donors (Lipinski definition) is 1. The van der Waals surface area contributed by atoms with Crippen molar-refractivity contribution in [2.45, 2.75) is 31.8 Å². The first-order chi connectivity index (χ1) is 9.55. The number of thiophene rings is 1. The first-order valence-corrected chi connectivity index (χ1v) is 9.28. The van der Waals surface area contributed by atoms with Gasteiger partial charge < -0.3 is 5.32 Å². The van der Waals surface area contributed by atoms with E-state index in [2.05, 4.69) is 5.32 Å². The number of nitrogens with one attached hydrogen (secondary N) is 1. The predicted molar refractivity (Wildman–Crippen MR) is 83.0 cm³/mol. The van der Waals surface area contributed by atoms with E-state index in [1.165, 1.54) is 4.31 Å². The van der Waals surface area contributed by atoms with Crippen LogP contribution in [-0.2, 0) is 16.8 Å². The zero-order chi connectivity index (χ0) is 14.6. The summed E-state index contributed by atoms with van der Waals surface area (Å²) in [5.74, 6) is 0. The van der Waals surface area contributed by atoms with Crippen molar-refractivity contribution in [1.29, 1.82) is 0 Å². The third kappa shape index (κ3) is 3.59. The van der Waals surface area contributed by atoms with Crippen LogP contribution in [0, 0.1) is 0 Å². The number of nitrogens with zero attached hydrogens (tertiary/aromatic N) is 2. The summed E-state index contributed by atoms with van der Waals surface area (Å²) in [6.07, 6.45) is 2.99. The molecule has 114 valence electrons. The topological polar surface area (TPSA) is 52.7 Å². The highest BCUT2D eigenvalue weighted by Crippen LogP contribution is 2.23. The van der Waals surface area contributed by atoms with Crippen molar-refractivity contribution in [3.05, 3.63) is 22.4 Å². The Balaban J connectivity index is 2.10. The maximum absolute atomic E-state index is 12.7. The van der Waals surface area contributed by atoms with Gasteiger partial charge in [-0.3, -0.25) is 0 Å². The van der Waals surface area contributed by atoms with Gasteiger partial charge in [0.2, 0.25) is 0 Å². The minimum Gasteiger partial charge on any atom is -0.318 e. The molecule has 1 aliphatic heterocycles. The Hall–Kier alpha value is -0.470. The first-order valence-electron chi connectivity index (χ1n) is 6.94. The molecule has 0 amide bonds. The highest BCUT2D eigenvalue weighted by Gasteiger charge is 2.34. The normalized spacial score (nSPS) is 21.4. The fourth-order valence-corrected chi connectivity index (χ4v) is 4.86. The molecule has 1 atom stereocenters. The molecule has 0 bridgehead atoms. The Kier molecular flexibility index (Phi) is 5.57. The molecule has 1 aromatic heterocycles. The molecule has 1 saturated heterocycles. The molecule has 0 radical (unpaired) electrons. The van der Waals surface area contributed by atoms with Crippen LogP contribution in [0.25, 0.3) is 0 Å². The van der Waals surface area contributed by atoms with Gasteiger partial charge in [-0.1, -0.05) is 6.42 Å². The zero-order valence-electron chi connectivity index (χ0n) is 12.1. The summed E-state index contributed by atoms with van der Waals surface area (Å²) in [6.45, 7) is 1.78. The van der Waals surface area contributed by atoms with Crippen molar-refractivity contribution >= 4 is 21.5 Å². The molecule has 0 aliphatic carbocycles. The van der Waals surface area contributed by atoms with E-state index < -0.39 is 10.2 Å². The van der Waals surface area contributed by atoms with Crippen molar-refractivity contribution < 1.29 is 8.42 Å². The highest BCUT2D eigenvalue weighted by atomic mass is 32.2. The highest BCUT2D eigenvalue weighted by molar-refractivity contribution is 7.86. The van der Waals surface area contributed by atoms with Gasteiger partial charge >= 0.3 is 0 Å². The van der Waals surface area contributed by atoms with E-state index in [0.717, 1.165) is 24.8 Å². The van der Waals surface area contributed by atoms with Gasteiger partial charge in [-0.15, -0.1) is 0 Å². The second-order valence-electron chi connectivity index (χ2n) is 5.21. The van der Waals surface area contributed by atoms with Gasteiger partial charge in [0, 0.05) is 32.7 Å². The second-order valence-corrected chi connectivity index (χ2v) is 7.98. The van der Waals surface area contributed by atoms with Crippen LogP contribution in [0.1, 0.15) is 24.8 Å². The number of likely N-dealkylation sites (N-methyl/N-ethyl adjacent to an activating group) is 1. The summed E-state index contributed by atoms with van der Waals surface area (Å²) in [4.78, 5) is 0. The largest absolute Gasteiger partial charge is 0.318 e. The lowest BCUT2D eigenvalue weighted by atomic mass is 10.1. The Morgan fingerprint density at radius 2 is 2.30 bits per heavy atom. The Morgan fingerprint density at radius 3 is 2.95 bits per heavy atom. The molecule has 0 spiro atoms. The van der Waals surface area contributed by atoms with E-state index in [-0.39, 0.29) is 6.04 Å². The van der Waals surface area contributed by atoms with E-state index in [9.17, 15) is 8.42 Å². The van der Waals surface area contributed by atoms with Crippen LogP contribution in [0.3, 0.4) is 0 Å². The van der Waals surface area contributed by atoms with Crippen LogP contribution in [0.2, 0.25) is 0 Å². The van der Waals surface area contributed by atoms with Crippen molar-refractivity contribution in [3.8, 4) is 0 Å². The standard InChI is InChI=1S/C13H23N3O2S2/c1-14-9-13-5-3-4-7-16(13)20(17,18)15(2)10-12-6-8-19-11-12/h6,8,11,13-14H,3-5,7,9-10H2,1-2H3. The smallest absolute Gasteiger partial charge is 0.282 e. The van der Waals surface area contributed by atoms with Crippen molar-refractivity contribution in [1.82, 2.24) is 13.9 Å². The minimum atomic E-state index is -3.38. The average Bonchev–Trinajstić information content (AvgIpc) is 2.92. The Labute approximate surface area is 125 Å². The van der Waals surface area contributed by atoms with E-state index in [1.807, 2.05) is 23.9 Å². The van der Waals surface area contributed by atoms with Crippen molar-refractivity contribution in [2.75, 3.05) is 27.2 Å². The Bertz CT molecular complexity index is 500. The van der Waals surface area contributed by atoms with Gasteiger partial charge in [0.1, 0.15) is 0 Å². The Morgan fingerprint density at radius 1 is 1.50 bits per heavy atom. The van der Waals surface area contributed by atoms with Gasteiger partial charge in [-0.05, 0) is 42.3 Å². The van der Waals surface area contributed by atoms with Gasteiger partial charge in [-0.25, -0.2) is 0 Å². The molecule has 1 aromatic rings. The molecule has 1 N–H and O–H groups in total. The molecule has 0 aromatic carbocycles. The maximum atomic E-state index is 12.7. The van der Waals surface area contributed by atoms with Gasteiger partial charge in [0.25, 0.3) is 10.2 Å². The molecular weight excluding hydrogens is 294 g/mol. The lowest BCUT2D eigenvalue weighted by Crippen LogP contribution is -2.52. The van der Waals surface area contributed by atoms with E-state index in [1.54, 1.807) is 22.7 Å². The van der Waals surface area contributed by atoms with Crippen LogP contribution in [0.4, 0.5) is 0 Å². The summed E-state index contributed by atoms with van der Waals surface area (Å²) >= 11 is 1.59. The molecule has 7 heteroatoms. The number of piperidine rings is 1. The molecule has 2 rings (SSSR count). The van der Waals surface area contributed by atoms with E-state index in [4.69, 9.17) is 0 Å². The molecule has 2 heterocycles. The lowest BCUT2D eigenvalue weighted by Gasteiger charge is -2.36. The molecule has 1 unspecified atom stereocenters. The summed E-state index contributed by atoms with van der Waals surface area (Å²) in [7, 11) is 0.156. The third-order valence-corrected chi connectivity index (χ3v) is 6.41. The molecule has 5 nitrogen and oxygen atoms in total. The fraction of sp³-hybridized carbons (Fsp3) is 0.692. The summed E-state index contributed by atoms with van der Waals surface area (Å²) < 4.78 is 28.6. The van der Waals surface area contributed by atoms with Gasteiger partial charge in [0.05, 0.1) is 0 Å². The monoisotopic (exact) mass is 317 g/mol. The minimum absolute atomic E-state index is 0.0728. The third-order valence-electron chi connectivity index (χ3n) is 3.69. The summed E-state index contributed by atoms with van der Waals surface area (Å²) in [5, 5.41) is 7.07. The summed E-state index contributed by atoms with van der Waals surface area (Å²) in [6, 6.07) is 2.04. The average molecular weight is 317 g/mol. The van der Waals surface area contributed by atoms with Gasteiger partial charge in [-0.2, -0.15) is 28.4 Å². The van der Waals surface area contributed by atoms with Gasteiger partial charge in [0.15, 0.2) is 0 Å². The number of rotatable bonds is 6. The van der Waals surface area contributed by atoms with Crippen LogP contribution >= 0.6 is 11.3 Å². The van der Waals surface area contributed by atoms with Crippen LogP contribution in [-0.4, -0.2) is 50.3 Å². The van der Waals surface area contributed by atoms with Crippen molar-refractivity contribution in [3.63, 3.8) is 0 Å². The first kappa shape index (κ1) is 15.9. The predicted octanol–water partition coefficient (Wildman–Crippen LogP) is 1.50. The van der Waals surface area contributed by atoms with Crippen LogP contribution < -0.4 is 5.32 Å². The molecule has 20 heavy (non-hydrogen) atoms. The maximum Gasteiger partial charge on any atom is 0.282 e. The van der Waals surface area contributed by atoms with Crippen molar-refractivity contribution in [2.24, 2.45) is 0 Å². The SMILES string of the molecule is CNCC1CCCCN1S(=O)(=O)N(C)Cc1ccsc1. The zero-order valence-corrected chi connectivity index (χ0v) is 13.7. The fourth-order valence-electron chi connectivity index (χ4n) is 2.62. The quantitative estimate of drug-likeness (QED) is 0.865. The van der Waals surface area contributed by atoms with E-state index >= 15 is 0 Å². The molecule has 1 aliphatic rings. The lowest BCUT2D eigenvalue weighted by molar-refractivity contribution is 0.232. The van der Waals surface area contributed by atoms with Crippen LogP contribution in [0.15, 0.2) is 16.8 Å².